The van der Waals surface area contributed by atoms with Crippen molar-refractivity contribution in [2.75, 3.05) is 11.9 Å². The minimum Gasteiger partial charge on any atom is -0.330 e. The number of unbranched alkanes of at least 4 members (excludes halogenated alkanes) is 2. The van der Waals surface area contributed by atoms with Crippen LogP contribution in [0.15, 0.2) is 36.9 Å². The molecule has 6 nitrogen and oxygen atoms in total. The molecular weight excluding hydrogens is 254 g/mol. The van der Waals surface area contributed by atoms with Gasteiger partial charge in [0.15, 0.2) is 0 Å². The molecule has 1 aromatic carbocycles. The molecule has 0 bridgehead atoms. The van der Waals surface area contributed by atoms with Crippen LogP contribution in [0.1, 0.15) is 25.7 Å². The van der Waals surface area contributed by atoms with E-state index >= 15 is 0 Å². The fourth-order valence-corrected chi connectivity index (χ4v) is 1.87. The Kier molecular flexibility index (Phi) is 5.25. The van der Waals surface area contributed by atoms with Gasteiger partial charge in [0.25, 0.3) is 0 Å². The highest BCUT2D eigenvalue weighted by Gasteiger charge is 2.03. The number of hydrogen-bond donors (Lipinski definition) is 2. The highest BCUT2D eigenvalue weighted by molar-refractivity contribution is 5.90. The molecule has 20 heavy (non-hydrogen) atoms. The topological polar surface area (TPSA) is 85.8 Å². The van der Waals surface area contributed by atoms with Gasteiger partial charge in [0.1, 0.15) is 12.7 Å². The summed E-state index contributed by atoms with van der Waals surface area (Å²) in [6.07, 6.45) is 6.49. The summed E-state index contributed by atoms with van der Waals surface area (Å²) >= 11 is 0. The number of carbonyl (C=O) groups excluding carboxylic acids is 1. The molecule has 3 N–H and O–H groups in total. The van der Waals surface area contributed by atoms with Crippen molar-refractivity contribution < 1.29 is 4.79 Å². The summed E-state index contributed by atoms with van der Waals surface area (Å²) in [5.74, 6) is 0.0375. The van der Waals surface area contributed by atoms with E-state index in [1.807, 2.05) is 24.3 Å². The second-order valence-corrected chi connectivity index (χ2v) is 4.53. The van der Waals surface area contributed by atoms with Crippen LogP contribution in [0.2, 0.25) is 0 Å². The molecular formula is C14H19N5O. The number of benzene rings is 1. The summed E-state index contributed by atoms with van der Waals surface area (Å²) < 4.78 is 1.67. The van der Waals surface area contributed by atoms with Crippen LogP contribution in [0.5, 0.6) is 0 Å². The second-order valence-electron chi connectivity index (χ2n) is 4.53. The van der Waals surface area contributed by atoms with Gasteiger partial charge in [0.2, 0.25) is 5.91 Å². The first-order valence-electron chi connectivity index (χ1n) is 6.74. The van der Waals surface area contributed by atoms with E-state index in [9.17, 15) is 4.79 Å². The van der Waals surface area contributed by atoms with E-state index < -0.39 is 0 Å². The van der Waals surface area contributed by atoms with Crippen LogP contribution in [0.4, 0.5) is 5.69 Å². The Morgan fingerprint density at radius 1 is 1.20 bits per heavy atom. The van der Waals surface area contributed by atoms with Crippen molar-refractivity contribution in [2.45, 2.75) is 25.7 Å². The van der Waals surface area contributed by atoms with Gasteiger partial charge in [-0.15, -0.1) is 0 Å². The van der Waals surface area contributed by atoms with E-state index in [1.165, 1.54) is 6.33 Å². The molecule has 0 radical (unpaired) electrons. The first-order chi connectivity index (χ1) is 9.79. The van der Waals surface area contributed by atoms with Crippen molar-refractivity contribution in [3.8, 4) is 5.69 Å². The first kappa shape index (κ1) is 14.2. The van der Waals surface area contributed by atoms with Crippen molar-refractivity contribution in [2.24, 2.45) is 5.73 Å². The van der Waals surface area contributed by atoms with Gasteiger partial charge < -0.3 is 11.1 Å². The largest absolute Gasteiger partial charge is 0.330 e. The number of nitrogens with one attached hydrogen (secondary N) is 1. The lowest BCUT2D eigenvalue weighted by molar-refractivity contribution is -0.116. The lowest BCUT2D eigenvalue weighted by atomic mass is 10.2. The van der Waals surface area contributed by atoms with Gasteiger partial charge in [0.05, 0.1) is 5.69 Å². The minimum atomic E-state index is 0.0375. The molecule has 0 atom stereocenters. The van der Waals surface area contributed by atoms with Crippen LogP contribution >= 0.6 is 0 Å². The highest BCUT2D eigenvalue weighted by atomic mass is 16.1. The molecule has 0 aliphatic carbocycles. The number of aromatic nitrogens is 3. The van der Waals surface area contributed by atoms with E-state index in [0.29, 0.717) is 13.0 Å². The Morgan fingerprint density at radius 3 is 2.65 bits per heavy atom. The zero-order valence-corrected chi connectivity index (χ0v) is 11.3. The normalized spacial score (nSPS) is 10.4. The Labute approximate surface area is 118 Å². The molecule has 0 spiro atoms. The zero-order valence-electron chi connectivity index (χ0n) is 11.3. The third-order valence-electron chi connectivity index (χ3n) is 2.94. The van der Waals surface area contributed by atoms with Crippen LogP contribution in [0.25, 0.3) is 5.69 Å². The third-order valence-corrected chi connectivity index (χ3v) is 2.94. The van der Waals surface area contributed by atoms with Crippen molar-refractivity contribution in [3.63, 3.8) is 0 Å². The summed E-state index contributed by atoms with van der Waals surface area (Å²) in [6.45, 7) is 0.686. The first-order valence-corrected chi connectivity index (χ1v) is 6.74. The van der Waals surface area contributed by atoms with E-state index in [2.05, 4.69) is 15.4 Å². The third kappa shape index (κ3) is 4.17. The molecule has 1 aromatic heterocycles. The molecule has 0 saturated heterocycles. The van der Waals surface area contributed by atoms with Gasteiger partial charge in [-0.2, -0.15) is 5.10 Å². The number of hydrogen-bond acceptors (Lipinski definition) is 4. The van der Waals surface area contributed by atoms with E-state index in [4.69, 9.17) is 5.73 Å². The van der Waals surface area contributed by atoms with E-state index in [1.54, 1.807) is 11.0 Å². The molecule has 0 fully saturated rings. The predicted octanol–water partition coefficient (Wildman–Crippen LogP) is 1.72. The van der Waals surface area contributed by atoms with Crippen LogP contribution < -0.4 is 11.1 Å². The van der Waals surface area contributed by atoms with Gasteiger partial charge in [-0.05, 0) is 43.7 Å². The summed E-state index contributed by atoms with van der Waals surface area (Å²) in [4.78, 5) is 15.6. The van der Waals surface area contributed by atoms with Gasteiger partial charge in [-0.1, -0.05) is 6.42 Å². The van der Waals surface area contributed by atoms with E-state index in [-0.39, 0.29) is 5.91 Å². The highest BCUT2D eigenvalue weighted by Crippen LogP contribution is 2.13. The molecule has 0 saturated carbocycles. The summed E-state index contributed by atoms with van der Waals surface area (Å²) in [6, 6.07) is 7.49. The Morgan fingerprint density at radius 2 is 2.00 bits per heavy atom. The summed E-state index contributed by atoms with van der Waals surface area (Å²) in [7, 11) is 0. The minimum absolute atomic E-state index is 0.0375. The van der Waals surface area contributed by atoms with Gasteiger partial charge in [0, 0.05) is 12.1 Å². The summed E-state index contributed by atoms with van der Waals surface area (Å²) in [5.41, 5.74) is 7.11. The smallest absolute Gasteiger partial charge is 0.224 e. The predicted molar refractivity (Wildman–Crippen MR) is 77.5 cm³/mol. The second kappa shape index (κ2) is 7.40. The molecule has 2 rings (SSSR count). The van der Waals surface area contributed by atoms with Crippen LogP contribution in [0, 0.1) is 0 Å². The fourth-order valence-electron chi connectivity index (χ4n) is 1.87. The maximum atomic E-state index is 11.7. The fraction of sp³-hybridized carbons (Fsp3) is 0.357. The van der Waals surface area contributed by atoms with Crippen molar-refractivity contribution >= 4 is 11.6 Å². The number of anilines is 1. The SMILES string of the molecule is NCCCCCC(=O)Nc1ccc(-n2cncn2)cc1. The molecule has 0 aliphatic heterocycles. The molecule has 0 aliphatic rings. The molecule has 0 unspecified atom stereocenters. The van der Waals surface area contributed by atoms with Crippen LogP contribution in [-0.2, 0) is 4.79 Å². The Bertz CT molecular complexity index is 521. The zero-order chi connectivity index (χ0) is 14.2. The number of nitrogens with two attached hydrogens (primary N) is 1. The average molecular weight is 273 g/mol. The molecule has 106 valence electrons. The van der Waals surface area contributed by atoms with Crippen molar-refractivity contribution in [1.82, 2.24) is 14.8 Å². The quantitative estimate of drug-likeness (QED) is 0.752. The van der Waals surface area contributed by atoms with Crippen molar-refractivity contribution in [3.05, 3.63) is 36.9 Å². The summed E-state index contributed by atoms with van der Waals surface area (Å²) in [5, 5.41) is 6.92. The average Bonchev–Trinajstić information content (AvgIpc) is 2.99. The lowest BCUT2D eigenvalue weighted by Crippen LogP contribution is -2.11. The number of carbonyl (C=O) groups is 1. The maximum Gasteiger partial charge on any atom is 0.224 e. The molecule has 1 amide bonds. The standard InChI is InChI=1S/C14H19N5O/c15-9-3-1-2-4-14(20)18-12-5-7-13(8-6-12)19-11-16-10-17-19/h5-8,10-11H,1-4,9,15H2,(H,18,20). The monoisotopic (exact) mass is 273 g/mol. The molecule has 6 heteroatoms. The number of rotatable bonds is 7. The molecule has 2 aromatic rings. The Balaban J connectivity index is 1.83. The van der Waals surface area contributed by atoms with Gasteiger partial charge >= 0.3 is 0 Å². The number of nitrogens with zero attached hydrogens (tertiary/aromatic N) is 3. The van der Waals surface area contributed by atoms with Crippen LogP contribution in [0.3, 0.4) is 0 Å². The Hall–Kier alpha value is -2.21. The maximum absolute atomic E-state index is 11.7. The van der Waals surface area contributed by atoms with Crippen LogP contribution in [-0.4, -0.2) is 27.2 Å². The molecule has 1 heterocycles. The van der Waals surface area contributed by atoms with E-state index in [0.717, 1.165) is 30.6 Å². The van der Waals surface area contributed by atoms with Gasteiger partial charge in [-0.3, -0.25) is 4.79 Å². The number of amides is 1. The lowest BCUT2D eigenvalue weighted by Gasteiger charge is -2.06. The van der Waals surface area contributed by atoms with Gasteiger partial charge in [-0.25, -0.2) is 9.67 Å². The van der Waals surface area contributed by atoms with Crippen molar-refractivity contribution in [1.29, 1.82) is 0 Å².